The molecule has 0 unspecified atom stereocenters. The molecule has 1 heterocycles. The minimum Gasteiger partial charge on any atom is -0.495 e. The van der Waals surface area contributed by atoms with Crippen molar-refractivity contribution in [2.75, 3.05) is 32.1 Å². The zero-order valence-electron chi connectivity index (χ0n) is 17.0. The predicted molar refractivity (Wildman–Crippen MR) is 117 cm³/mol. The van der Waals surface area contributed by atoms with E-state index < -0.39 is 10.8 Å². The second-order valence-corrected chi connectivity index (χ2v) is 7.60. The van der Waals surface area contributed by atoms with Crippen molar-refractivity contribution in [1.82, 2.24) is 10.2 Å². The van der Waals surface area contributed by atoms with E-state index in [0.717, 1.165) is 12.8 Å². The number of nitro benzene ring substituents is 1. The first-order chi connectivity index (χ1) is 14.9. The van der Waals surface area contributed by atoms with Crippen LogP contribution in [0, 0.1) is 16.0 Å². The Bertz CT molecular complexity index is 976. The fourth-order valence-electron chi connectivity index (χ4n) is 3.42. The van der Waals surface area contributed by atoms with Crippen LogP contribution >= 0.6 is 11.6 Å². The van der Waals surface area contributed by atoms with E-state index in [0.29, 0.717) is 31.1 Å². The smallest absolute Gasteiger partial charge is 0.321 e. The minimum atomic E-state index is -0.620. The number of piperidine rings is 1. The molecule has 0 spiro atoms. The van der Waals surface area contributed by atoms with Crippen molar-refractivity contribution in [2.45, 2.75) is 12.8 Å². The second-order valence-electron chi connectivity index (χ2n) is 7.19. The van der Waals surface area contributed by atoms with E-state index in [9.17, 15) is 19.7 Å². The number of carbonyl (C=O) groups is 2. The van der Waals surface area contributed by atoms with E-state index in [1.807, 2.05) is 12.1 Å². The molecule has 1 aliphatic heterocycles. The number of hydrogen-bond donors (Lipinski definition) is 2. The molecule has 2 aromatic rings. The number of nitro groups is 1. The van der Waals surface area contributed by atoms with Crippen molar-refractivity contribution in [2.24, 2.45) is 5.92 Å². The standard InChI is InChI=1S/C21H23ClN4O5/c1-31-19-5-3-2-4-17(19)24-21(28)25-10-8-14(9-11-25)13-23-20(27)15-6-7-16(22)18(12-15)26(29)30/h2-7,12,14H,8-11,13H2,1H3,(H,23,27)(H,24,28). The summed E-state index contributed by atoms with van der Waals surface area (Å²) in [7, 11) is 1.55. The molecule has 2 N–H and O–H groups in total. The van der Waals surface area contributed by atoms with Gasteiger partial charge in [-0.15, -0.1) is 0 Å². The molecule has 1 aliphatic rings. The van der Waals surface area contributed by atoms with Crippen molar-refractivity contribution in [3.8, 4) is 5.75 Å². The van der Waals surface area contributed by atoms with Crippen LogP contribution in [0.2, 0.25) is 5.02 Å². The third-order valence-electron chi connectivity index (χ3n) is 5.21. The first kappa shape index (κ1) is 22.4. The zero-order valence-corrected chi connectivity index (χ0v) is 17.7. The lowest BCUT2D eigenvalue weighted by atomic mass is 9.97. The highest BCUT2D eigenvalue weighted by Crippen LogP contribution is 2.26. The number of rotatable bonds is 6. The van der Waals surface area contributed by atoms with E-state index in [1.165, 1.54) is 18.2 Å². The monoisotopic (exact) mass is 446 g/mol. The van der Waals surface area contributed by atoms with Crippen molar-refractivity contribution in [3.05, 3.63) is 63.2 Å². The summed E-state index contributed by atoms with van der Waals surface area (Å²) >= 11 is 5.78. The third-order valence-corrected chi connectivity index (χ3v) is 5.53. The summed E-state index contributed by atoms with van der Waals surface area (Å²) < 4.78 is 5.25. The molecule has 0 radical (unpaired) electrons. The lowest BCUT2D eigenvalue weighted by Crippen LogP contribution is -2.43. The molecule has 0 saturated carbocycles. The molecule has 0 aliphatic carbocycles. The number of ether oxygens (including phenoxy) is 1. The Kier molecular flexibility index (Phi) is 7.30. The van der Waals surface area contributed by atoms with Crippen molar-refractivity contribution in [3.63, 3.8) is 0 Å². The number of amides is 3. The molecular formula is C21H23ClN4O5. The number of anilines is 1. The van der Waals surface area contributed by atoms with E-state index in [4.69, 9.17) is 16.3 Å². The number of likely N-dealkylation sites (tertiary alicyclic amines) is 1. The lowest BCUT2D eigenvalue weighted by molar-refractivity contribution is -0.384. The molecule has 10 heteroatoms. The molecule has 3 amide bonds. The maximum Gasteiger partial charge on any atom is 0.321 e. The van der Waals surface area contributed by atoms with Gasteiger partial charge in [0.15, 0.2) is 0 Å². The van der Waals surface area contributed by atoms with Crippen molar-refractivity contribution >= 4 is 34.9 Å². The number of nitrogens with one attached hydrogen (secondary N) is 2. The van der Waals surface area contributed by atoms with Gasteiger partial charge in [-0.2, -0.15) is 0 Å². The van der Waals surface area contributed by atoms with Crippen LogP contribution in [0.4, 0.5) is 16.2 Å². The molecule has 9 nitrogen and oxygen atoms in total. The molecule has 0 atom stereocenters. The fraction of sp³-hybridized carbons (Fsp3) is 0.333. The van der Waals surface area contributed by atoms with E-state index in [1.54, 1.807) is 24.1 Å². The van der Waals surface area contributed by atoms with Gasteiger partial charge in [-0.1, -0.05) is 23.7 Å². The van der Waals surface area contributed by atoms with Gasteiger partial charge < -0.3 is 20.3 Å². The van der Waals surface area contributed by atoms with Gasteiger partial charge in [0, 0.05) is 31.3 Å². The van der Waals surface area contributed by atoms with Gasteiger partial charge in [0.25, 0.3) is 11.6 Å². The predicted octanol–water partition coefficient (Wildman–Crippen LogP) is 3.93. The Balaban J connectivity index is 1.48. The van der Waals surface area contributed by atoms with Gasteiger partial charge in [-0.05, 0) is 43.0 Å². The van der Waals surface area contributed by atoms with Crippen molar-refractivity contribution in [1.29, 1.82) is 0 Å². The van der Waals surface area contributed by atoms with Crippen LogP contribution in [0.5, 0.6) is 5.75 Å². The molecule has 31 heavy (non-hydrogen) atoms. The molecule has 3 rings (SSSR count). The summed E-state index contributed by atoms with van der Waals surface area (Å²) in [4.78, 5) is 37.0. The highest BCUT2D eigenvalue weighted by molar-refractivity contribution is 6.32. The molecular weight excluding hydrogens is 424 g/mol. The van der Waals surface area contributed by atoms with E-state index >= 15 is 0 Å². The van der Waals surface area contributed by atoms with Gasteiger partial charge in [0.1, 0.15) is 10.8 Å². The number of para-hydroxylation sites is 2. The Labute approximate surface area is 184 Å². The highest BCUT2D eigenvalue weighted by atomic mass is 35.5. The summed E-state index contributed by atoms with van der Waals surface area (Å²) in [5.74, 6) is 0.411. The van der Waals surface area contributed by atoms with Crippen LogP contribution in [0.25, 0.3) is 0 Å². The van der Waals surface area contributed by atoms with Crippen LogP contribution in [-0.2, 0) is 0 Å². The maximum atomic E-state index is 12.5. The number of urea groups is 1. The zero-order chi connectivity index (χ0) is 22.4. The minimum absolute atomic E-state index is 0.0136. The Morgan fingerprint density at radius 2 is 1.94 bits per heavy atom. The van der Waals surface area contributed by atoms with Gasteiger partial charge in [0.05, 0.1) is 17.7 Å². The normalized spacial score (nSPS) is 14.1. The van der Waals surface area contributed by atoms with Crippen LogP contribution in [0.1, 0.15) is 23.2 Å². The molecule has 0 bridgehead atoms. The molecule has 0 aromatic heterocycles. The third kappa shape index (κ3) is 5.64. The van der Waals surface area contributed by atoms with Gasteiger partial charge in [-0.3, -0.25) is 14.9 Å². The number of halogens is 1. The topological polar surface area (TPSA) is 114 Å². The first-order valence-corrected chi connectivity index (χ1v) is 10.2. The fourth-order valence-corrected chi connectivity index (χ4v) is 3.60. The maximum absolute atomic E-state index is 12.5. The van der Waals surface area contributed by atoms with Gasteiger partial charge in [-0.25, -0.2) is 4.79 Å². The quantitative estimate of drug-likeness (QED) is 0.515. The van der Waals surface area contributed by atoms with E-state index in [-0.39, 0.29) is 28.2 Å². The highest BCUT2D eigenvalue weighted by Gasteiger charge is 2.24. The summed E-state index contributed by atoms with van der Waals surface area (Å²) in [5.41, 5.74) is 0.495. The lowest BCUT2D eigenvalue weighted by Gasteiger charge is -2.32. The van der Waals surface area contributed by atoms with Gasteiger partial charge >= 0.3 is 6.03 Å². The Hall–Kier alpha value is -3.33. The summed E-state index contributed by atoms with van der Waals surface area (Å²) in [6.07, 6.45) is 1.47. The van der Waals surface area contributed by atoms with Gasteiger partial charge in [0.2, 0.25) is 0 Å². The second kappa shape index (κ2) is 10.1. The van der Waals surface area contributed by atoms with Crippen LogP contribution in [-0.4, -0.2) is 48.5 Å². The van der Waals surface area contributed by atoms with Crippen LogP contribution < -0.4 is 15.4 Å². The summed E-state index contributed by atoms with van der Waals surface area (Å²) in [6, 6.07) is 11.0. The number of carbonyl (C=O) groups excluding carboxylic acids is 2. The van der Waals surface area contributed by atoms with Crippen LogP contribution in [0.3, 0.4) is 0 Å². The molecule has 164 valence electrons. The van der Waals surface area contributed by atoms with E-state index in [2.05, 4.69) is 10.6 Å². The summed E-state index contributed by atoms with van der Waals surface area (Å²) in [6.45, 7) is 1.55. The SMILES string of the molecule is COc1ccccc1NC(=O)N1CCC(CNC(=O)c2ccc(Cl)c([N+](=O)[O-])c2)CC1. The first-order valence-electron chi connectivity index (χ1n) is 9.80. The number of hydrogen-bond acceptors (Lipinski definition) is 5. The van der Waals surface area contributed by atoms with Crippen molar-refractivity contribution < 1.29 is 19.2 Å². The Morgan fingerprint density at radius 3 is 2.61 bits per heavy atom. The van der Waals surface area contributed by atoms with Crippen LogP contribution in [0.15, 0.2) is 42.5 Å². The molecule has 2 aromatic carbocycles. The number of benzene rings is 2. The summed E-state index contributed by atoms with van der Waals surface area (Å²) in [5, 5.41) is 16.6. The Morgan fingerprint density at radius 1 is 1.23 bits per heavy atom. The largest absolute Gasteiger partial charge is 0.495 e. The molecule has 1 fully saturated rings. The number of nitrogens with zero attached hydrogens (tertiary/aromatic N) is 2. The average Bonchev–Trinajstić information content (AvgIpc) is 2.78. The average molecular weight is 447 g/mol. The number of methoxy groups -OCH3 is 1. The molecule has 1 saturated heterocycles.